The van der Waals surface area contributed by atoms with Crippen LogP contribution < -0.4 is 5.73 Å². The molecule has 0 saturated carbocycles. The van der Waals surface area contributed by atoms with Gasteiger partial charge < -0.3 is 5.73 Å². The monoisotopic (exact) mass is 371 g/mol. The van der Waals surface area contributed by atoms with E-state index in [9.17, 15) is 8.42 Å². The van der Waals surface area contributed by atoms with Crippen molar-refractivity contribution >= 4 is 21.5 Å². The van der Waals surface area contributed by atoms with E-state index >= 15 is 0 Å². The van der Waals surface area contributed by atoms with Crippen LogP contribution in [0.3, 0.4) is 0 Å². The van der Waals surface area contributed by atoms with E-state index in [1.807, 2.05) is 13.0 Å². The molecular formula is C16H17N7O2S. The molecule has 26 heavy (non-hydrogen) atoms. The highest BCUT2D eigenvalue weighted by molar-refractivity contribution is 7.89. The molecule has 0 fully saturated rings. The minimum absolute atomic E-state index is 0.123. The molecule has 1 aromatic carbocycles. The van der Waals surface area contributed by atoms with Gasteiger partial charge in [0, 0.05) is 25.6 Å². The molecule has 10 heteroatoms. The summed E-state index contributed by atoms with van der Waals surface area (Å²) in [5.41, 5.74) is 8.36. The normalized spacial score (nSPS) is 11.8. The zero-order valence-electron chi connectivity index (χ0n) is 14.3. The van der Waals surface area contributed by atoms with E-state index in [-0.39, 0.29) is 23.7 Å². The predicted molar refractivity (Wildman–Crippen MR) is 95.4 cm³/mol. The Balaban J connectivity index is 2.11. The lowest BCUT2D eigenvalue weighted by Crippen LogP contribution is -2.27. The van der Waals surface area contributed by atoms with Crippen LogP contribution in [-0.2, 0) is 10.0 Å². The number of fused-ring (bicyclic) bond motifs is 1. The van der Waals surface area contributed by atoms with Crippen molar-refractivity contribution < 1.29 is 8.42 Å². The molecule has 2 N–H and O–H groups in total. The standard InChI is InChI=1S/C16H17N7O2S/c1-11-4-5-12(26(24,25)22(2)7-3-6-17)8-13(11)14-9-19-16-15(18)20-10-21-23(14)16/h4-5,8-10H,3,7H2,1-2H3,(H2,18,20,21). The SMILES string of the molecule is Cc1ccc(S(=O)(=O)N(C)CCC#N)cc1-c1cnc2c(N)ncnn12. The molecule has 2 heterocycles. The number of rotatable bonds is 5. The number of nitrogens with two attached hydrogens (primary N) is 1. The van der Waals surface area contributed by atoms with Crippen molar-refractivity contribution in [2.24, 2.45) is 0 Å². The average Bonchev–Trinajstić information content (AvgIpc) is 3.05. The number of nitriles is 1. The number of anilines is 1. The van der Waals surface area contributed by atoms with Gasteiger partial charge in [-0.05, 0) is 24.6 Å². The van der Waals surface area contributed by atoms with Crippen LogP contribution in [0, 0.1) is 18.3 Å². The van der Waals surface area contributed by atoms with Crippen molar-refractivity contribution in [3.8, 4) is 17.3 Å². The Bertz CT molecular complexity index is 1120. The number of hydrogen-bond acceptors (Lipinski definition) is 7. The topological polar surface area (TPSA) is 130 Å². The number of imidazole rings is 1. The van der Waals surface area contributed by atoms with Gasteiger partial charge >= 0.3 is 0 Å². The largest absolute Gasteiger partial charge is 0.381 e. The Morgan fingerprint density at radius 2 is 2.12 bits per heavy atom. The second-order valence-corrected chi connectivity index (χ2v) is 7.78. The summed E-state index contributed by atoms with van der Waals surface area (Å²) in [6, 6.07) is 6.80. The van der Waals surface area contributed by atoms with Crippen molar-refractivity contribution in [3.05, 3.63) is 36.3 Å². The first kappa shape index (κ1) is 17.8. The Morgan fingerprint density at radius 3 is 2.85 bits per heavy atom. The summed E-state index contributed by atoms with van der Waals surface area (Å²) in [7, 11) is -2.26. The van der Waals surface area contributed by atoms with Gasteiger partial charge in [0.1, 0.15) is 6.33 Å². The first-order valence-corrected chi connectivity index (χ1v) is 9.19. The van der Waals surface area contributed by atoms with Gasteiger partial charge in [-0.2, -0.15) is 14.7 Å². The Hall–Kier alpha value is -3.03. The van der Waals surface area contributed by atoms with Crippen LogP contribution in [-0.4, -0.2) is 45.9 Å². The maximum absolute atomic E-state index is 12.7. The van der Waals surface area contributed by atoms with Crippen molar-refractivity contribution in [3.63, 3.8) is 0 Å². The fraction of sp³-hybridized carbons (Fsp3) is 0.250. The fourth-order valence-electron chi connectivity index (χ4n) is 2.56. The van der Waals surface area contributed by atoms with Crippen LogP contribution >= 0.6 is 0 Å². The predicted octanol–water partition coefficient (Wildman–Crippen LogP) is 1.22. The van der Waals surface area contributed by atoms with Crippen LogP contribution in [0.25, 0.3) is 16.9 Å². The van der Waals surface area contributed by atoms with Gasteiger partial charge in [0.25, 0.3) is 0 Å². The maximum atomic E-state index is 12.7. The fourth-order valence-corrected chi connectivity index (χ4v) is 3.76. The highest BCUT2D eigenvalue weighted by Gasteiger charge is 2.22. The third-order valence-electron chi connectivity index (χ3n) is 4.06. The van der Waals surface area contributed by atoms with E-state index in [4.69, 9.17) is 11.0 Å². The summed E-state index contributed by atoms with van der Waals surface area (Å²) in [6.45, 7) is 2.00. The van der Waals surface area contributed by atoms with E-state index in [0.29, 0.717) is 16.9 Å². The number of nitrogen functional groups attached to an aromatic ring is 1. The molecule has 0 atom stereocenters. The van der Waals surface area contributed by atoms with Gasteiger partial charge in [0.2, 0.25) is 10.0 Å². The molecule has 0 spiro atoms. The van der Waals surface area contributed by atoms with E-state index in [1.54, 1.807) is 24.4 Å². The van der Waals surface area contributed by atoms with Gasteiger partial charge in [-0.1, -0.05) is 6.07 Å². The van der Waals surface area contributed by atoms with Crippen molar-refractivity contribution in [2.45, 2.75) is 18.2 Å². The lowest BCUT2D eigenvalue weighted by Gasteiger charge is -2.17. The Labute approximate surface area is 150 Å². The lowest BCUT2D eigenvalue weighted by molar-refractivity contribution is 0.476. The van der Waals surface area contributed by atoms with Crippen LogP contribution in [0.15, 0.2) is 35.6 Å². The maximum Gasteiger partial charge on any atom is 0.242 e. The minimum Gasteiger partial charge on any atom is -0.381 e. The van der Waals surface area contributed by atoms with E-state index in [2.05, 4.69) is 15.1 Å². The molecule has 0 aliphatic heterocycles. The first-order valence-electron chi connectivity index (χ1n) is 7.75. The van der Waals surface area contributed by atoms with E-state index in [0.717, 1.165) is 5.56 Å². The number of aryl methyl sites for hydroxylation is 1. The highest BCUT2D eigenvalue weighted by Crippen LogP contribution is 2.28. The highest BCUT2D eigenvalue weighted by atomic mass is 32.2. The third-order valence-corrected chi connectivity index (χ3v) is 5.92. The summed E-state index contributed by atoms with van der Waals surface area (Å²) in [5.74, 6) is 0.240. The Kier molecular flexibility index (Phi) is 4.58. The molecule has 2 aromatic heterocycles. The van der Waals surface area contributed by atoms with Gasteiger partial charge in [-0.25, -0.2) is 22.9 Å². The molecule has 0 amide bonds. The number of sulfonamides is 1. The lowest BCUT2D eigenvalue weighted by atomic mass is 10.1. The molecule has 0 saturated heterocycles. The molecule has 0 unspecified atom stereocenters. The van der Waals surface area contributed by atoms with Crippen molar-refractivity contribution in [2.75, 3.05) is 19.3 Å². The molecule has 3 aromatic rings. The van der Waals surface area contributed by atoms with E-state index in [1.165, 1.54) is 22.2 Å². The van der Waals surface area contributed by atoms with Gasteiger partial charge in [-0.15, -0.1) is 0 Å². The Morgan fingerprint density at radius 1 is 1.35 bits per heavy atom. The molecule has 0 bridgehead atoms. The van der Waals surface area contributed by atoms with Crippen LogP contribution in [0.2, 0.25) is 0 Å². The number of nitrogens with zero attached hydrogens (tertiary/aromatic N) is 6. The second-order valence-electron chi connectivity index (χ2n) is 5.74. The zero-order chi connectivity index (χ0) is 18.9. The molecule has 9 nitrogen and oxygen atoms in total. The van der Waals surface area contributed by atoms with Crippen LogP contribution in [0.5, 0.6) is 0 Å². The number of aromatic nitrogens is 4. The molecule has 3 rings (SSSR count). The zero-order valence-corrected chi connectivity index (χ0v) is 15.1. The van der Waals surface area contributed by atoms with Gasteiger partial charge in [-0.3, -0.25) is 0 Å². The molecule has 134 valence electrons. The van der Waals surface area contributed by atoms with Gasteiger partial charge in [0.05, 0.1) is 22.9 Å². The van der Waals surface area contributed by atoms with Crippen LogP contribution in [0.4, 0.5) is 5.82 Å². The van der Waals surface area contributed by atoms with Crippen molar-refractivity contribution in [1.82, 2.24) is 23.9 Å². The van der Waals surface area contributed by atoms with E-state index < -0.39 is 10.0 Å². The summed E-state index contributed by atoms with van der Waals surface area (Å²) in [4.78, 5) is 8.25. The quantitative estimate of drug-likeness (QED) is 0.713. The summed E-state index contributed by atoms with van der Waals surface area (Å²) < 4.78 is 28.2. The van der Waals surface area contributed by atoms with Crippen LogP contribution in [0.1, 0.15) is 12.0 Å². The minimum atomic E-state index is -3.71. The summed E-state index contributed by atoms with van der Waals surface area (Å²) in [6.07, 6.45) is 3.02. The number of hydrogen-bond donors (Lipinski definition) is 1. The molecule has 0 aliphatic carbocycles. The molecular weight excluding hydrogens is 354 g/mol. The summed E-state index contributed by atoms with van der Waals surface area (Å²) in [5, 5.41) is 12.8. The number of benzene rings is 1. The molecule has 0 aliphatic rings. The molecule has 0 radical (unpaired) electrons. The first-order chi connectivity index (χ1) is 12.4. The second kappa shape index (κ2) is 6.70. The van der Waals surface area contributed by atoms with Crippen molar-refractivity contribution in [1.29, 1.82) is 5.26 Å². The smallest absolute Gasteiger partial charge is 0.242 e. The third kappa shape index (κ3) is 2.98. The average molecular weight is 371 g/mol. The van der Waals surface area contributed by atoms with Gasteiger partial charge in [0.15, 0.2) is 11.5 Å². The summed E-state index contributed by atoms with van der Waals surface area (Å²) >= 11 is 0.